The van der Waals surface area contributed by atoms with Crippen molar-refractivity contribution in [2.45, 2.75) is 6.92 Å². The molecule has 0 atom stereocenters. The van der Waals surface area contributed by atoms with E-state index in [9.17, 15) is 24.8 Å². The van der Waals surface area contributed by atoms with Crippen LogP contribution in [0.4, 0.5) is 11.4 Å². The summed E-state index contributed by atoms with van der Waals surface area (Å²) in [5, 5.41) is 27.4. The molecule has 0 radical (unpaired) electrons. The highest BCUT2D eigenvalue weighted by Crippen LogP contribution is 2.29. The standard InChI is InChI=1S/C19H16N4O6/c1-11-4-3-5-12(8-11)22-17(25)10-15(24)18(21-22)19(26)20-14-9-13(23(27)28)6-7-16(14)29-2/h3-10,24H,1-2H3,(H,20,26). The highest BCUT2D eigenvalue weighted by Gasteiger charge is 2.20. The van der Waals surface area contributed by atoms with E-state index in [1.165, 1.54) is 19.2 Å². The number of aromatic nitrogens is 2. The first-order valence-electron chi connectivity index (χ1n) is 8.34. The third kappa shape index (κ3) is 4.05. The second kappa shape index (κ2) is 7.80. The number of ether oxygens (including phenoxy) is 1. The van der Waals surface area contributed by atoms with Gasteiger partial charge in [-0.3, -0.25) is 19.7 Å². The molecule has 3 aromatic rings. The Kier molecular flexibility index (Phi) is 5.26. The average Bonchev–Trinajstić information content (AvgIpc) is 2.67. The summed E-state index contributed by atoms with van der Waals surface area (Å²) in [5.74, 6) is -1.32. The number of non-ortho nitro benzene ring substituents is 1. The third-order valence-electron chi connectivity index (χ3n) is 4.01. The summed E-state index contributed by atoms with van der Waals surface area (Å²) in [7, 11) is 1.34. The predicted molar refractivity (Wildman–Crippen MR) is 104 cm³/mol. The van der Waals surface area contributed by atoms with Crippen molar-refractivity contribution in [1.82, 2.24) is 9.78 Å². The molecular weight excluding hydrogens is 380 g/mol. The van der Waals surface area contributed by atoms with Gasteiger partial charge >= 0.3 is 0 Å². The van der Waals surface area contributed by atoms with Crippen molar-refractivity contribution in [2.24, 2.45) is 0 Å². The lowest BCUT2D eigenvalue weighted by atomic mass is 10.2. The van der Waals surface area contributed by atoms with Crippen molar-refractivity contribution in [2.75, 3.05) is 12.4 Å². The number of carbonyl (C=O) groups excluding carboxylic acids is 1. The van der Waals surface area contributed by atoms with Gasteiger partial charge in [0.1, 0.15) is 5.75 Å². The molecule has 0 aliphatic heterocycles. The van der Waals surface area contributed by atoms with E-state index in [0.29, 0.717) is 5.69 Å². The molecule has 0 aliphatic rings. The molecule has 3 rings (SSSR count). The van der Waals surface area contributed by atoms with Crippen LogP contribution in [0.3, 0.4) is 0 Å². The van der Waals surface area contributed by atoms with E-state index >= 15 is 0 Å². The van der Waals surface area contributed by atoms with Crippen LogP contribution in [0.5, 0.6) is 11.5 Å². The Labute approximate surface area is 164 Å². The van der Waals surface area contributed by atoms with E-state index in [2.05, 4.69) is 10.4 Å². The lowest BCUT2D eigenvalue weighted by molar-refractivity contribution is -0.384. The van der Waals surface area contributed by atoms with Crippen LogP contribution in [-0.4, -0.2) is 32.8 Å². The van der Waals surface area contributed by atoms with Crippen LogP contribution in [0.15, 0.2) is 53.3 Å². The zero-order valence-corrected chi connectivity index (χ0v) is 15.4. The molecule has 0 saturated carbocycles. The summed E-state index contributed by atoms with van der Waals surface area (Å²) < 4.78 is 6.08. The Bertz CT molecular complexity index is 1170. The molecule has 0 bridgehead atoms. The van der Waals surface area contributed by atoms with Gasteiger partial charge in [-0.15, -0.1) is 0 Å². The highest BCUT2D eigenvalue weighted by molar-refractivity contribution is 6.05. The number of carbonyl (C=O) groups is 1. The number of aryl methyl sites for hydroxylation is 1. The number of hydrogen-bond acceptors (Lipinski definition) is 7. The summed E-state index contributed by atoms with van der Waals surface area (Å²) >= 11 is 0. The maximum atomic E-state index is 12.7. The van der Waals surface area contributed by atoms with E-state index in [1.54, 1.807) is 18.2 Å². The van der Waals surface area contributed by atoms with Gasteiger partial charge in [0.05, 0.1) is 23.4 Å². The molecule has 0 fully saturated rings. The maximum Gasteiger partial charge on any atom is 0.280 e. The first kappa shape index (κ1) is 19.5. The Hall–Kier alpha value is -4.21. The second-order valence-electron chi connectivity index (χ2n) is 6.06. The van der Waals surface area contributed by atoms with Gasteiger partial charge in [-0.2, -0.15) is 9.78 Å². The lowest BCUT2D eigenvalue weighted by Gasteiger charge is -2.12. The molecule has 1 heterocycles. The molecule has 2 aromatic carbocycles. The number of nitrogens with one attached hydrogen (secondary N) is 1. The van der Waals surface area contributed by atoms with E-state index in [0.717, 1.165) is 22.4 Å². The van der Waals surface area contributed by atoms with Gasteiger partial charge in [-0.05, 0) is 30.7 Å². The van der Waals surface area contributed by atoms with Crippen molar-refractivity contribution in [3.63, 3.8) is 0 Å². The van der Waals surface area contributed by atoms with Crippen molar-refractivity contribution >= 4 is 17.3 Å². The first-order chi connectivity index (χ1) is 13.8. The van der Waals surface area contributed by atoms with Gasteiger partial charge in [0.2, 0.25) is 0 Å². The monoisotopic (exact) mass is 396 g/mol. The van der Waals surface area contributed by atoms with Gasteiger partial charge < -0.3 is 15.2 Å². The van der Waals surface area contributed by atoms with Gasteiger partial charge in [0.15, 0.2) is 11.4 Å². The molecule has 0 unspecified atom stereocenters. The fourth-order valence-corrected chi connectivity index (χ4v) is 2.64. The lowest BCUT2D eigenvalue weighted by Crippen LogP contribution is -2.25. The van der Waals surface area contributed by atoms with Gasteiger partial charge in [-0.1, -0.05) is 12.1 Å². The van der Waals surface area contributed by atoms with Crippen LogP contribution < -0.4 is 15.6 Å². The van der Waals surface area contributed by atoms with E-state index < -0.39 is 27.8 Å². The van der Waals surface area contributed by atoms with Crippen molar-refractivity contribution in [3.05, 3.63) is 80.3 Å². The largest absolute Gasteiger partial charge is 0.505 e. The number of rotatable bonds is 5. The smallest absolute Gasteiger partial charge is 0.280 e. The van der Waals surface area contributed by atoms with Gasteiger partial charge in [0, 0.05) is 18.2 Å². The second-order valence-corrected chi connectivity index (χ2v) is 6.06. The van der Waals surface area contributed by atoms with E-state index in [-0.39, 0.29) is 17.1 Å². The van der Waals surface area contributed by atoms with Crippen LogP contribution in [0.2, 0.25) is 0 Å². The molecule has 2 N–H and O–H groups in total. The third-order valence-corrected chi connectivity index (χ3v) is 4.01. The normalized spacial score (nSPS) is 10.4. The molecule has 0 aliphatic carbocycles. The van der Waals surface area contributed by atoms with E-state index in [4.69, 9.17) is 4.74 Å². The van der Waals surface area contributed by atoms with Crippen LogP contribution in [0, 0.1) is 17.0 Å². The molecule has 0 spiro atoms. The van der Waals surface area contributed by atoms with Gasteiger partial charge in [-0.25, -0.2) is 0 Å². The Morgan fingerprint density at radius 3 is 2.66 bits per heavy atom. The summed E-state index contributed by atoms with van der Waals surface area (Å²) in [5.41, 5.74) is -0.0185. The van der Waals surface area contributed by atoms with Crippen LogP contribution in [-0.2, 0) is 0 Å². The molecule has 148 valence electrons. The summed E-state index contributed by atoms with van der Waals surface area (Å²) in [4.78, 5) is 35.3. The van der Waals surface area contributed by atoms with Crippen molar-refractivity contribution in [3.8, 4) is 17.2 Å². The summed E-state index contributed by atoms with van der Waals surface area (Å²) in [6, 6.07) is 11.4. The quantitative estimate of drug-likeness (QED) is 0.499. The van der Waals surface area contributed by atoms with Gasteiger partial charge in [0.25, 0.3) is 17.2 Å². The first-order valence-corrected chi connectivity index (χ1v) is 8.34. The number of anilines is 1. The number of hydrogen-bond donors (Lipinski definition) is 2. The molecular formula is C19H16N4O6. The SMILES string of the molecule is COc1ccc([N+](=O)[O-])cc1NC(=O)c1nn(-c2cccc(C)c2)c(=O)cc1O. The van der Waals surface area contributed by atoms with Crippen molar-refractivity contribution < 1.29 is 19.6 Å². The summed E-state index contributed by atoms with van der Waals surface area (Å²) in [6.07, 6.45) is 0. The number of aromatic hydroxyl groups is 1. The number of amides is 1. The number of methoxy groups -OCH3 is 1. The zero-order chi connectivity index (χ0) is 21.1. The highest BCUT2D eigenvalue weighted by atomic mass is 16.6. The van der Waals surface area contributed by atoms with Crippen LogP contribution >= 0.6 is 0 Å². The Morgan fingerprint density at radius 1 is 1.24 bits per heavy atom. The molecule has 10 heteroatoms. The van der Waals surface area contributed by atoms with E-state index in [1.807, 2.05) is 13.0 Å². The number of nitro benzene ring substituents is 1. The molecule has 0 saturated heterocycles. The molecule has 29 heavy (non-hydrogen) atoms. The number of benzene rings is 2. The average molecular weight is 396 g/mol. The minimum Gasteiger partial charge on any atom is -0.505 e. The predicted octanol–water partition coefficient (Wildman–Crippen LogP) is 2.42. The summed E-state index contributed by atoms with van der Waals surface area (Å²) in [6.45, 7) is 1.83. The minimum atomic E-state index is -0.872. The molecule has 1 amide bonds. The van der Waals surface area contributed by atoms with Crippen molar-refractivity contribution in [1.29, 1.82) is 0 Å². The number of nitrogens with zero attached hydrogens (tertiary/aromatic N) is 3. The fourth-order valence-electron chi connectivity index (χ4n) is 2.64. The topological polar surface area (TPSA) is 137 Å². The van der Waals surface area contributed by atoms with Crippen LogP contribution in [0.25, 0.3) is 5.69 Å². The Balaban J connectivity index is 2.02. The molecule has 1 aromatic heterocycles. The number of nitro groups is 1. The molecule has 10 nitrogen and oxygen atoms in total. The minimum absolute atomic E-state index is 0.0150. The maximum absolute atomic E-state index is 12.7. The van der Waals surface area contributed by atoms with Crippen LogP contribution in [0.1, 0.15) is 16.1 Å². The Morgan fingerprint density at radius 2 is 2.00 bits per heavy atom. The zero-order valence-electron chi connectivity index (χ0n) is 15.4. The fraction of sp³-hybridized carbons (Fsp3) is 0.105.